The smallest absolute Gasteiger partial charge is 0.417 e. The van der Waals surface area contributed by atoms with Crippen molar-refractivity contribution in [2.24, 2.45) is 0 Å². The van der Waals surface area contributed by atoms with Crippen molar-refractivity contribution in [1.82, 2.24) is 10.3 Å². The van der Waals surface area contributed by atoms with Crippen molar-refractivity contribution in [1.29, 1.82) is 0 Å². The summed E-state index contributed by atoms with van der Waals surface area (Å²) in [6.45, 7) is 1.08. The zero-order chi connectivity index (χ0) is 19.6. The Kier molecular flexibility index (Phi) is 5.59. The number of methoxy groups -OCH3 is 1. The van der Waals surface area contributed by atoms with E-state index < -0.39 is 11.7 Å². The molecule has 0 saturated carbocycles. The number of rotatable bonds is 4. The molecule has 2 aromatic rings. The van der Waals surface area contributed by atoms with E-state index in [4.69, 9.17) is 4.74 Å². The number of carbonyl (C=O) groups excluding carboxylic acids is 1. The minimum Gasteiger partial charge on any atom is -0.497 e. The van der Waals surface area contributed by atoms with E-state index in [1.807, 2.05) is 4.90 Å². The number of halogens is 4. The molecule has 1 amide bonds. The summed E-state index contributed by atoms with van der Waals surface area (Å²) in [5, 5.41) is 2.95. The molecule has 1 aromatic heterocycles. The number of nitrogens with one attached hydrogen (secondary N) is 1. The van der Waals surface area contributed by atoms with Gasteiger partial charge in [-0.2, -0.15) is 13.2 Å². The predicted molar refractivity (Wildman–Crippen MR) is 98.0 cm³/mol. The quantitative estimate of drug-likeness (QED) is 0.778. The molecular formula is C18H17BrF3N3O2. The Labute approximate surface area is 162 Å². The van der Waals surface area contributed by atoms with E-state index in [2.05, 4.69) is 26.2 Å². The van der Waals surface area contributed by atoms with E-state index in [0.29, 0.717) is 41.1 Å². The molecule has 1 N–H and O–H groups in total. The van der Waals surface area contributed by atoms with Gasteiger partial charge in [0.1, 0.15) is 11.6 Å². The number of carbonyl (C=O) groups is 1. The third-order valence-corrected chi connectivity index (χ3v) is 5.03. The molecule has 2 heterocycles. The minimum absolute atomic E-state index is 0.125. The van der Waals surface area contributed by atoms with Crippen molar-refractivity contribution in [3.05, 3.63) is 52.1 Å². The third kappa shape index (κ3) is 4.52. The zero-order valence-electron chi connectivity index (χ0n) is 14.4. The van der Waals surface area contributed by atoms with E-state index in [9.17, 15) is 18.0 Å². The van der Waals surface area contributed by atoms with Gasteiger partial charge in [-0.3, -0.25) is 4.79 Å². The lowest BCUT2D eigenvalue weighted by atomic mass is 10.1. The van der Waals surface area contributed by atoms with Gasteiger partial charge < -0.3 is 15.0 Å². The van der Waals surface area contributed by atoms with E-state index >= 15 is 0 Å². The van der Waals surface area contributed by atoms with Crippen LogP contribution in [0.5, 0.6) is 5.75 Å². The molecule has 1 aliphatic rings. The summed E-state index contributed by atoms with van der Waals surface area (Å²) in [5.41, 5.74) is -0.321. The summed E-state index contributed by atoms with van der Waals surface area (Å²) in [5.74, 6) is 0.792. The molecular weight excluding hydrogens is 427 g/mol. The summed E-state index contributed by atoms with van der Waals surface area (Å²) in [6.07, 6.45) is -2.90. The number of nitrogens with zero attached hydrogens (tertiary/aromatic N) is 2. The Morgan fingerprint density at radius 3 is 2.74 bits per heavy atom. The molecule has 1 fully saturated rings. The summed E-state index contributed by atoms with van der Waals surface area (Å²) in [6, 6.07) is 7.37. The predicted octanol–water partition coefficient (Wildman–Crippen LogP) is 3.88. The lowest BCUT2D eigenvalue weighted by Gasteiger charge is -2.19. The molecule has 0 radical (unpaired) electrons. The fourth-order valence-corrected chi connectivity index (χ4v) is 3.32. The molecule has 0 bridgehead atoms. The van der Waals surface area contributed by atoms with Gasteiger partial charge in [0.2, 0.25) is 0 Å². The Hall–Kier alpha value is -2.29. The standard InChI is InChI=1S/C18H17BrF3N3O2/c1-27-13-3-4-15(19)14(8-13)17(26)24-12-6-7-25(10-12)16-5-2-11(9-23-16)18(20,21)22/h2-5,8-9,12H,6-7,10H2,1H3,(H,24,26)/t12-/m0/s1. The van der Waals surface area contributed by atoms with Crippen molar-refractivity contribution in [3.8, 4) is 5.75 Å². The minimum atomic E-state index is -4.41. The second-order valence-corrected chi connectivity index (χ2v) is 7.01. The normalized spacial score (nSPS) is 17.1. The highest BCUT2D eigenvalue weighted by atomic mass is 79.9. The Morgan fingerprint density at radius 2 is 2.11 bits per heavy atom. The van der Waals surface area contributed by atoms with Crippen LogP contribution in [0.2, 0.25) is 0 Å². The van der Waals surface area contributed by atoms with Crippen LogP contribution in [-0.4, -0.2) is 37.1 Å². The van der Waals surface area contributed by atoms with Gasteiger partial charge in [-0.25, -0.2) is 4.98 Å². The summed E-state index contributed by atoms with van der Waals surface area (Å²) >= 11 is 3.35. The molecule has 144 valence electrons. The molecule has 27 heavy (non-hydrogen) atoms. The van der Waals surface area contributed by atoms with Gasteiger partial charge in [-0.05, 0) is 52.7 Å². The average molecular weight is 444 g/mol. The van der Waals surface area contributed by atoms with Crippen molar-refractivity contribution < 1.29 is 22.7 Å². The largest absolute Gasteiger partial charge is 0.497 e. The van der Waals surface area contributed by atoms with Crippen molar-refractivity contribution in [2.75, 3.05) is 25.1 Å². The molecule has 5 nitrogen and oxygen atoms in total. The Bertz CT molecular complexity index is 828. The number of ether oxygens (including phenoxy) is 1. The first-order valence-corrected chi connectivity index (χ1v) is 9.00. The summed E-state index contributed by atoms with van der Waals surface area (Å²) in [7, 11) is 1.52. The van der Waals surface area contributed by atoms with Crippen LogP contribution in [0.1, 0.15) is 22.3 Å². The molecule has 0 unspecified atom stereocenters. The van der Waals surface area contributed by atoms with Crippen LogP contribution in [0.3, 0.4) is 0 Å². The Morgan fingerprint density at radius 1 is 1.33 bits per heavy atom. The van der Waals surface area contributed by atoms with Crippen LogP contribution in [-0.2, 0) is 6.18 Å². The Balaban J connectivity index is 1.64. The maximum absolute atomic E-state index is 12.6. The van der Waals surface area contributed by atoms with Crippen LogP contribution in [0.15, 0.2) is 41.0 Å². The van der Waals surface area contributed by atoms with Crippen LogP contribution in [0, 0.1) is 0 Å². The molecule has 1 saturated heterocycles. The van der Waals surface area contributed by atoms with E-state index in [1.165, 1.54) is 13.2 Å². The molecule has 1 atom stereocenters. The zero-order valence-corrected chi connectivity index (χ0v) is 16.0. The van der Waals surface area contributed by atoms with Gasteiger partial charge in [-0.1, -0.05) is 0 Å². The second kappa shape index (κ2) is 7.75. The number of alkyl halides is 3. The first-order valence-electron chi connectivity index (χ1n) is 8.20. The molecule has 1 aliphatic heterocycles. The molecule has 9 heteroatoms. The number of anilines is 1. The lowest BCUT2D eigenvalue weighted by Crippen LogP contribution is -2.37. The third-order valence-electron chi connectivity index (χ3n) is 4.34. The average Bonchev–Trinajstić information content (AvgIpc) is 3.10. The van der Waals surface area contributed by atoms with Crippen molar-refractivity contribution >= 4 is 27.7 Å². The molecule has 3 rings (SSSR count). The van der Waals surface area contributed by atoms with Crippen LogP contribution < -0.4 is 15.0 Å². The van der Waals surface area contributed by atoms with E-state index in [0.717, 1.165) is 12.3 Å². The number of aromatic nitrogens is 1. The lowest BCUT2D eigenvalue weighted by molar-refractivity contribution is -0.137. The van der Waals surface area contributed by atoms with Gasteiger partial charge in [0, 0.05) is 29.8 Å². The van der Waals surface area contributed by atoms with Gasteiger partial charge in [0.05, 0.1) is 18.2 Å². The van der Waals surface area contributed by atoms with Gasteiger partial charge in [0.15, 0.2) is 0 Å². The topological polar surface area (TPSA) is 54.5 Å². The maximum Gasteiger partial charge on any atom is 0.417 e. The van der Waals surface area contributed by atoms with Crippen LogP contribution in [0.25, 0.3) is 0 Å². The van der Waals surface area contributed by atoms with E-state index in [-0.39, 0.29) is 11.9 Å². The summed E-state index contributed by atoms with van der Waals surface area (Å²) in [4.78, 5) is 18.3. The monoisotopic (exact) mass is 443 g/mol. The molecule has 0 spiro atoms. The van der Waals surface area contributed by atoms with Gasteiger partial charge in [-0.15, -0.1) is 0 Å². The number of pyridine rings is 1. The first-order chi connectivity index (χ1) is 12.8. The number of benzene rings is 1. The SMILES string of the molecule is COc1ccc(Br)c(C(=O)N[C@H]2CCN(c3ccc(C(F)(F)F)cn3)C2)c1. The van der Waals surface area contributed by atoms with Gasteiger partial charge >= 0.3 is 6.18 Å². The van der Waals surface area contributed by atoms with Crippen molar-refractivity contribution in [2.45, 2.75) is 18.6 Å². The van der Waals surface area contributed by atoms with E-state index in [1.54, 1.807) is 18.2 Å². The van der Waals surface area contributed by atoms with Gasteiger partial charge in [0.25, 0.3) is 5.91 Å². The summed E-state index contributed by atoms with van der Waals surface area (Å²) < 4.78 is 43.7. The maximum atomic E-state index is 12.6. The second-order valence-electron chi connectivity index (χ2n) is 6.15. The number of hydrogen-bond donors (Lipinski definition) is 1. The highest BCUT2D eigenvalue weighted by Gasteiger charge is 2.31. The first kappa shape index (κ1) is 19.5. The fraction of sp³-hybridized carbons (Fsp3) is 0.333. The number of hydrogen-bond acceptors (Lipinski definition) is 4. The fourth-order valence-electron chi connectivity index (χ4n) is 2.90. The molecule has 1 aromatic carbocycles. The van der Waals surface area contributed by atoms with Crippen LogP contribution in [0.4, 0.5) is 19.0 Å². The highest BCUT2D eigenvalue weighted by Crippen LogP contribution is 2.30. The van der Waals surface area contributed by atoms with Crippen molar-refractivity contribution in [3.63, 3.8) is 0 Å². The number of amides is 1. The van der Waals surface area contributed by atoms with Crippen LogP contribution >= 0.6 is 15.9 Å². The highest BCUT2D eigenvalue weighted by molar-refractivity contribution is 9.10. The molecule has 0 aliphatic carbocycles.